The van der Waals surface area contributed by atoms with Crippen LogP contribution in [0.15, 0.2) is 28.7 Å². The molecule has 2 aromatic rings. The second-order valence-electron chi connectivity index (χ2n) is 4.09. The zero-order valence-corrected chi connectivity index (χ0v) is 13.9. The van der Waals surface area contributed by atoms with Gasteiger partial charge in [0.15, 0.2) is 0 Å². The van der Waals surface area contributed by atoms with Crippen molar-refractivity contribution in [3.8, 4) is 11.6 Å². The molecule has 0 aliphatic heterocycles. The zero-order valence-electron chi connectivity index (χ0n) is 11.5. The molecule has 0 radical (unpaired) electrons. The van der Waals surface area contributed by atoms with Crippen LogP contribution >= 0.6 is 27.7 Å². The van der Waals surface area contributed by atoms with E-state index in [1.807, 2.05) is 0 Å². The Morgan fingerprint density at radius 2 is 2.24 bits per heavy atom. The maximum Gasteiger partial charge on any atom is 0.358 e. The molecule has 112 valence electrons. The summed E-state index contributed by atoms with van der Waals surface area (Å²) >= 11 is 4.59. The highest BCUT2D eigenvalue weighted by Crippen LogP contribution is 2.30. The molecule has 1 unspecified atom stereocenters. The first-order valence-corrected chi connectivity index (χ1v) is 8.28. The highest BCUT2D eigenvalue weighted by atomic mass is 79.9. The lowest BCUT2D eigenvalue weighted by molar-refractivity contribution is -0.147. The largest absolute Gasteiger partial charge is 0.508 e. The number of thioether (sulfide) groups is 1. The molecule has 2 rings (SSSR count). The molecule has 5 nitrogen and oxygen atoms in total. The van der Waals surface area contributed by atoms with Crippen molar-refractivity contribution in [3.05, 3.63) is 28.7 Å². The average Bonchev–Trinajstić information content (AvgIpc) is 2.45. The zero-order chi connectivity index (χ0) is 15.4. The van der Waals surface area contributed by atoms with Crippen LogP contribution in [-0.2, 0) is 9.53 Å². The number of carbonyl (C=O) groups is 1. The number of fused-ring (bicyclic) bond motifs is 1. The number of esters is 1. The second-order valence-corrected chi connectivity index (χ2v) is 5.84. The maximum atomic E-state index is 11.8. The van der Waals surface area contributed by atoms with Crippen molar-refractivity contribution < 1.29 is 19.4 Å². The smallest absolute Gasteiger partial charge is 0.358 e. The third-order valence-corrected chi connectivity index (χ3v) is 3.92. The number of aromatic hydroxyl groups is 1. The molecule has 1 aromatic carbocycles. The summed E-state index contributed by atoms with van der Waals surface area (Å²) < 4.78 is 11.2. The van der Waals surface area contributed by atoms with E-state index in [0.717, 1.165) is 5.39 Å². The van der Waals surface area contributed by atoms with Gasteiger partial charge in [0.25, 0.3) is 0 Å². The number of aromatic nitrogens is 1. The van der Waals surface area contributed by atoms with Crippen LogP contribution in [0.5, 0.6) is 11.6 Å². The fourth-order valence-corrected chi connectivity index (χ4v) is 2.58. The number of phenols is 1. The Labute approximate surface area is 134 Å². The highest BCUT2D eigenvalue weighted by molar-refractivity contribution is 9.10. The summed E-state index contributed by atoms with van der Waals surface area (Å²) in [4.78, 5) is 16.1. The van der Waals surface area contributed by atoms with E-state index in [2.05, 4.69) is 20.9 Å². The van der Waals surface area contributed by atoms with Crippen molar-refractivity contribution >= 4 is 44.6 Å². The van der Waals surface area contributed by atoms with E-state index >= 15 is 0 Å². The van der Waals surface area contributed by atoms with Crippen LogP contribution in [-0.4, -0.2) is 34.4 Å². The molecule has 0 amide bonds. The minimum atomic E-state index is -0.775. The molecule has 1 atom stereocenters. The SMILES string of the molecule is CCOC(=O)C(Oc1nc2ccc(O)cc2cc1Br)SC. The number of phenolic OH excluding ortho intramolecular Hbond substituents is 1. The van der Waals surface area contributed by atoms with Gasteiger partial charge in [0.2, 0.25) is 11.3 Å². The molecule has 0 aliphatic rings. The van der Waals surface area contributed by atoms with Crippen molar-refractivity contribution in [2.45, 2.75) is 12.4 Å². The molecule has 1 heterocycles. The number of benzene rings is 1. The summed E-state index contributed by atoms with van der Waals surface area (Å²) in [5.41, 5.74) is -0.113. The van der Waals surface area contributed by atoms with Gasteiger partial charge in [-0.1, -0.05) is 0 Å². The number of hydrogen-bond donors (Lipinski definition) is 1. The van der Waals surface area contributed by atoms with E-state index in [4.69, 9.17) is 9.47 Å². The third kappa shape index (κ3) is 3.79. The molecule has 7 heteroatoms. The maximum absolute atomic E-state index is 11.8. The molecule has 0 saturated carbocycles. The Balaban J connectivity index is 2.31. The molecule has 0 bridgehead atoms. The molecule has 0 saturated heterocycles. The lowest BCUT2D eigenvalue weighted by atomic mass is 10.2. The summed E-state index contributed by atoms with van der Waals surface area (Å²) in [5.74, 6) is 0.0310. The minimum Gasteiger partial charge on any atom is -0.508 e. The number of halogens is 1. The van der Waals surface area contributed by atoms with Gasteiger partial charge in [0, 0.05) is 5.39 Å². The van der Waals surface area contributed by atoms with Crippen LogP contribution in [0.25, 0.3) is 10.9 Å². The predicted molar refractivity (Wildman–Crippen MR) is 85.7 cm³/mol. The lowest BCUT2D eigenvalue weighted by Gasteiger charge is -2.16. The quantitative estimate of drug-likeness (QED) is 0.642. The number of rotatable bonds is 5. The van der Waals surface area contributed by atoms with E-state index in [-0.39, 0.29) is 5.75 Å². The van der Waals surface area contributed by atoms with E-state index in [0.29, 0.717) is 22.5 Å². The highest BCUT2D eigenvalue weighted by Gasteiger charge is 2.22. The Morgan fingerprint density at radius 1 is 1.48 bits per heavy atom. The molecular weight excluding hydrogens is 358 g/mol. The number of carbonyl (C=O) groups excluding carboxylic acids is 1. The summed E-state index contributed by atoms with van der Waals surface area (Å²) in [6, 6.07) is 6.61. The fourth-order valence-electron chi connectivity index (χ4n) is 1.71. The molecule has 21 heavy (non-hydrogen) atoms. The summed E-state index contributed by atoms with van der Waals surface area (Å²) in [7, 11) is 0. The molecule has 1 N–H and O–H groups in total. The van der Waals surface area contributed by atoms with Crippen LogP contribution in [0.4, 0.5) is 0 Å². The number of ether oxygens (including phenoxy) is 2. The standard InChI is InChI=1S/C14H14BrNO4S/c1-3-19-13(18)14(21-2)20-12-10(15)7-8-6-9(17)4-5-11(8)16-12/h4-7,14,17H,3H2,1-2H3. The third-order valence-electron chi connectivity index (χ3n) is 2.63. The van der Waals surface area contributed by atoms with Gasteiger partial charge < -0.3 is 14.6 Å². The Morgan fingerprint density at radius 3 is 2.90 bits per heavy atom. The van der Waals surface area contributed by atoms with Gasteiger partial charge in [-0.05, 0) is 53.4 Å². The van der Waals surface area contributed by atoms with Crippen molar-refractivity contribution in [3.63, 3.8) is 0 Å². The van der Waals surface area contributed by atoms with Crippen molar-refractivity contribution in [1.29, 1.82) is 0 Å². The fraction of sp³-hybridized carbons (Fsp3) is 0.286. The van der Waals surface area contributed by atoms with Gasteiger partial charge in [0.1, 0.15) is 5.75 Å². The number of hydrogen-bond acceptors (Lipinski definition) is 6. The van der Waals surface area contributed by atoms with E-state index in [9.17, 15) is 9.90 Å². The number of nitrogens with zero attached hydrogens (tertiary/aromatic N) is 1. The number of pyridine rings is 1. The molecule has 0 spiro atoms. The minimum absolute atomic E-state index is 0.165. The van der Waals surface area contributed by atoms with E-state index < -0.39 is 11.4 Å². The summed E-state index contributed by atoms with van der Waals surface area (Å²) in [6.07, 6.45) is 1.76. The van der Waals surface area contributed by atoms with Gasteiger partial charge in [-0.3, -0.25) is 0 Å². The Bertz CT molecular complexity index is 665. The first kappa shape index (κ1) is 15.9. The first-order valence-electron chi connectivity index (χ1n) is 6.20. The summed E-state index contributed by atoms with van der Waals surface area (Å²) in [5, 5.41) is 10.2. The van der Waals surface area contributed by atoms with Crippen molar-refractivity contribution in [2.75, 3.05) is 12.9 Å². The van der Waals surface area contributed by atoms with Crippen LogP contribution in [0.2, 0.25) is 0 Å². The van der Waals surface area contributed by atoms with Gasteiger partial charge in [-0.2, -0.15) is 0 Å². The Kier molecular flexibility index (Phi) is 5.30. The molecule has 0 fully saturated rings. The first-order chi connectivity index (χ1) is 10.0. The van der Waals surface area contributed by atoms with E-state index in [1.54, 1.807) is 37.4 Å². The van der Waals surface area contributed by atoms with Gasteiger partial charge in [-0.25, -0.2) is 9.78 Å². The molecule has 0 aliphatic carbocycles. The van der Waals surface area contributed by atoms with Gasteiger partial charge in [0.05, 0.1) is 16.6 Å². The predicted octanol–water partition coefficient (Wildman–Crippen LogP) is 3.33. The van der Waals surface area contributed by atoms with Crippen molar-refractivity contribution in [2.24, 2.45) is 0 Å². The van der Waals surface area contributed by atoms with E-state index in [1.165, 1.54) is 11.8 Å². The topological polar surface area (TPSA) is 68.7 Å². The van der Waals surface area contributed by atoms with Crippen LogP contribution in [0.1, 0.15) is 6.92 Å². The normalized spacial score (nSPS) is 12.1. The molecular formula is C14H14BrNO4S. The van der Waals surface area contributed by atoms with Crippen LogP contribution < -0.4 is 4.74 Å². The monoisotopic (exact) mass is 371 g/mol. The summed E-state index contributed by atoms with van der Waals surface area (Å²) in [6.45, 7) is 2.04. The van der Waals surface area contributed by atoms with Crippen molar-refractivity contribution in [1.82, 2.24) is 4.98 Å². The van der Waals surface area contributed by atoms with Crippen LogP contribution in [0, 0.1) is 0 Å². The van der Waals surface area contributed by atoms with Crippen LogP contribution in [0.3, 0.4) is 0 Å². The van der Waals surface area contributed by atoms with Gasteiger partial charge in [-0.15, -0.1) is 11.8 Å². The lowest BCUT2D eigenvalue weighted by Crippen LogP contribution is -2.26. The average molecular weight is 372 g/mol. The molecule has 1 aromatic heterocycles. The van der Waals surface area contributed by atoms with Gasteiger partial charge >= 0.3 is 5.97 Å². The second kappa shape index (κ2) is 7.00. The Hall–Kier alpha value is -1.47.